The van der Waals surface area contributed by atoms with Crippen LogP contribution in [-0.4, -0.2) is 11.1 Å². The van der Waals surface area contributed by atoms with E-state index in [4.69, 9.17) is 4.18 Å². The van der Waals surface area contributed by atoms with Crippen molar-refractivity contribution in [3.63, 3.8) is 0 Å². The number of hydrogen-bond acceptors (Lipinski definition) is 3. The number of aromatic hydroxyl groups is 1. The number of hydrogen-bond donors (Lipinski definition) is 1. The van der Waals surface area contributed by atoms with E-state index in [1.807, 2.05) is 30.3 Å². The Morgan fingerprint density at radius 3 is 1.54 bits per heavy atom. The number of phenolic OH excluding ortho intramolecular Hbond substituents is 1. The van der Waals surface area contributed by atoms with Crippen LogP contribution in [0.1, 0.15) is 10.4 Å². The van der Waals surface area contributed by atoms with Gasteiger partial charge in [-0.1, -0.05) is 30.3 Å². The lowest BCUT2D eigenvalue weighted by atomic mass is 10.2. The minimum absolute atomic E-state index is 0.0992. The molecule has 0 spiro atoms. The number of carbonyl (C=O) groups is 1. The van der Waals surface area contributed by atoms with Crippen molar-refractivity contribution < 1.29 is 14.1 Å². The molecule has 4 rings (SSSR count). The summed E-state index contributed by atoms with van der Waals surface area (Å²) in [6, 6.07) is 25.0. The summed E-state index contributed by atoms with van der Waals surface area (Å²) in [6.07, 6.45) is 0. The molecule has 4 aromatic rings. The molecule has 0 aliphatic rings. The van der Waals surface area contributed by atoms with Crippen molar-refractivity contribution in [1.82, 2.24) is 0 Å². The third kappa shape index (κ3) is 6.06. The van der Waals surface area contributed by atoms with Crippen molar-refractivity contribution in [2.24, 2.45) is 0 Å². The zero-order valence-electron chi connectivity index (χ0n) is 17.4. The van der Waals surface area contributed by atoms with Crippen LogP contribution in [0.15, 0.2) is 93.5 Å². The second-order valence-electron chi connectivity index (χ2n) is 7.15. The fraction of sp³-hybridized carbons (Fsp3) is 0. The molecule has 0 unspecified atom stereocenters. The summed E-state index contributed by atoms with van der Waals surface area (Å²) in [5.74, 6) is -0.657. The molecule has 180 valence electrons. The summed E-state index contributed by atoms with van der Waals surface area (Å²) in [4.78, 5) is 16.7. The van der Waals surface area contributed by atoms with Crippen LogP contribution < -0.4 is 0 Å². The Morgan fingerprint density at radius 1 is 0.657 bits per heavy atom. The fourth-order valence-corrected chi connectivity index (χ4v) is 17.5. The second kappa shape index (κ2) is 12.4. The van der Waals surface area contributed by atoms with Crippen LogP contribution in [0, 0.1) is 21.4 Å². The predicted octanol–water partition coefficient (Wildman–Crippen LogP) is 10.1. The number of phenols is 1. The van der Waals surface area contributed by atoms with Crippen molar-refractivity contribution >= 4 is 152 Å². The highest BCUT2D eigenvalue weighted by Gasteiger charge is 2.42. The minimum atomic E-state index is -2.55. The first-order chi connectivity index (χ1) is 16.6. The normalized spacial score (nSPS) is 11.8. The highest BCUT2D eigenvalue weighted by atomic mass is 127. The van der Waals surface area contributed by atoms with Gasteiger partial charge < -0.3 is 9.29 Å². The molecule has 0 radical (unpaired) electrons. The molecule has 0 aromatic heterocycles. The number of benzene rings is 4. The molecular weight excluding hydrogens is 1140 g/mol. The van der Waals surface area contributed by atoms with Crippen molar-refractivity contribution in [2.45, 2.75) is 14.7 Å². The molecule has 0 aliphatic heterocycles. The lowest BCUT2D eigenvalue weighted by molar-refractivity contribution is 0.0754. The number of halogens is 6. The molecular formula is C25H14I6O3S. The van der Waals surface area contributed by atoms with Crippen molar-refractivity contribution in [3.8, 4) is 5.75 Å². The Balaban J connectivity index is 2.15. The van der Waals surface area contributed by atoms with Gasteiger partial charge in [0.15, 0.2) is 0 Å². The molecule has 0 saturated carbocycles. The van der Waals surface area contributed by atoms with Gasteiger partial charge in [-0.3, -0.25) is 0 Å². The van der Waals surface area contributed by atoms with E-state index in [9.17, 15) is 9.90 Å². The first kappa shape index (κ1) is 28.9. The quantitative estimate of drug-likeness (QED) is 0.203. The van der Waals surface area contributed by atoms with Gasteiger partial charge in [0.25, 0.3) is 0 Å². The standard InChI is InChI=1S/C25H14I6O3S/c26-14-10-18(28)23(19(29)11-14)35(16-6-2-1-3-7-16,24-20(30)12-15(27)13-21(24)31)34-25(33)17-8-4-5-9-22(17)32/h1-13,32H. The van der Waals surface area contributed by atoms with E-state index < -0.39 is 16.3 Å². The summed E-state index contributed by atoms with van der Waals surface area (Å²) in [6.45, 7) is 0. The smallest absolute Gasteiger partial charge is 0.353 e. The molecule has 35 heavy (non-hydrogen) atoms. The van der Waals surface area contributed by atoms with E-state index in [1.54, 1.807) is 18.2 Å². The Labute approximate surface area is 287 Å². The maximum absolute atomic E-state index is 13.8. The number of rotatable bonds is 5. The van der Waals surface area contributed by atoms with Crippen LogP contribution in [-0.2, 0) is 4.18 Å². The van der Waals surface area contributed by atoms with Gasteiger partial charge in [0, 0.05) is 26.3 Å². The molecule has 1 N–H and O–H groups in total. The van der Waals surface area contributed by atoms with Crippen molar-refractivity contribution in [3.05, 3.63) is 106 Å². The zero-order valence-corrected chi connectivity index (χ0v) is 31.2. The monoisotopic (exact) mass is 1160 g/mol. The molecule has 4 aromatic carbocycles. The van der Waals surface area contributed by atoms with Gasteiger partial charge in [0.1, 0.15) is 11.3 Å². The predicted molar refractivity (Wildman–Crippen MR) is 192 cm³/mol. The molecule has 0 bridgehead atoms. The van der Waals surface area contributed by atoms with E-state index in [0.717, 1.165) is 36.1 Å². The third-order valence-electron chi connectivity index (χ3n) is 4.90. The van der Waals surface area contributed by atoms with E-state index in [0.29, 0.717) is 0 Å². The van der Waals surface area contributed by atoms with E-state index in [-0.39, 0.29) is 11.3 Å². The summed E-state index contributed by atoms with van der Waals surface area (Å²) in [7, 11) is -2.55. The van der Waals surface area contributed by atoms with Gasteiger partial charge in [0.05, 0.1) is 9.79 Å². The highest BCUT2D eigenvalue weighted by Crippen LogP contribution is 2.72. The van der Waals surface area contributed by atoms with Crippen LogP contribution in [0.3, 0.4) is 0 Å². The Kier molecular flexibility index (Phi) is 10.2. The van der Waals surface area contributed by atoms with Crippen molar-refractivity contribution in [2.75, 3.05) is 0 Å². The first-order valence-corrected chi connectivity index (χ1v) is 17.9. The van der Waals surface area contributed by atoms with Crippen molar-refractivity contribution in [1.29, 1.82) is 0 Å². The SMILES string of the molecule is O=C(OS(c1ccccc1)(c1c(I)cc(I)cc1I)c1c(I)cc(I)cc1I)c1ccccc1O. The molecule has 0 aliphatic carbocycles. The highest BCUT2D eigenvalue weighted by molar-refractivity contribution is 14.1. The van der Waals surface area contributed by atoms with Gasteiger partial charge >= 0.3 is 5.97 Å². The summed E-state index contributed by atoms with van der Waals surface area (Å²) in [5, 5.41) is 10.5. The number of carbonyl (C=O) groups excluding carboxylic acids is 1. The van der Waals surface area contributed by atoms with Crippen LogP contribution in [0.25, 0.3) is 0 Å². The Hall–Kier alpha value is 0.880. The van der Waals surface area contributed by atoms with E-state index >= 15 is 0 Å². The molecule has 0 amide bonds. The summed E-state index contributed by atoms with van der Waals surface area (Å²) >= 11 is 14.0. The van der Waals surface area contributed by atoms with Gasteiger partial charge in [-0.15, -0.1) is 0 Å². The van der Waals surface area contributed by atoms with Gasteiger partial charge in [0.2, 0.25) is 0 Å². The largest absolute Gasteiger partial charge is 0.507 e. The molecule has 0 atom stereocenters. The van der Waals surface area contributed by atoms with E-state index in [2.05, 4.69) is 160 Å². The van der Waals surface area contributed by atoms with Crippen LogP contribution in [0.2, 0.25) is 0 Å². The summed E-state index contributed by atoms with van der Waals surface area (Å²) < 4.78 is 13.0. The minimum Gasteiger partial charge on any atom is -0.507 e. The topological polar surface area (TPSA) is 46.5 Å². The lowest BCUT2D eigenvalue weighted by Crippen LogP contribution is -2.18. The second-order valence-corrected chi connectivity index (χ2v) is 16.9. The summed E-state index contributed by atoms with van der Waals surface area (Å²) in [5.41, 5.74) is 0.145. The van der Waals surface area contributed by atoms with Gasteiger partial charge in [-0.05, 0) is 194 Å². The van der Waals surface area contributed by atoms with E-state index in [1.165, 1.54) is 6.07 Å². The Bertz CT molecular complexity index is 1320. The maximum Gasteiger partial charge on any atom is 0.353 e. The number of para-hydroxylation sites is 1. The van der Waals surface area contributed by atoms with Gasteiger partial charge in [-0.2, -0.15) is 0 Å². The Morgan fingerprint density at radius 2 is 1.09 bits per heavy atom. The van der Waals surface area contributed by atoms with Crippen LogP contribution >= 0.6 is 146 Å². The average Bonchev–Trinajstić information content (AvgIpc) is 2.78. The lowest BCUT2D eigenvalue weighted by Gasteiger charge is -2.42. The average molecular weight is 1160 g/mol. The zero-order chi connectivity index (χ0) is 25.3. The van der Waals surface area contributed by atoms with Crippen LogP contribution in [0.4, 0.5) is 0 Å². The first-order valence-electron chi connectivity index (χ1n) is 9.84. The third-order valence-corrected chi connectivity index (χ3v) is 14.4. The van der Waals surface area contributed by atoms with Crippen LogP contribution in [0.5, 0.6) is 5.75 Å². The fourth-order valence-electron chi connectivity index (χ4n) is 3.49. The molecule has 0 fully saturated rings. The molecule has 0 saturated heterocycles. The molecule has 3 nitrogen and oxygen atoms in total. The van der Waals surface area contributed by atoms with Gasteiger partial charge in [-0.25, -0.2) is 4.79 Å². The molecule has 0 heterocycles. The maximum atomic E-state index is 13.8. The molecule has 10 heteroatoms.